The Morgan fingerprint density at radius 3 is 2.59 bits per heavy atom. The Balaban J connectivity index is 1.57. The monoisotopic (exact) mass is 432 g/mol. The summed E-state index contributed by atoms with van der Waals surface area (Å²) in [4.78, 5) is 25.4. The number of hydrogen-bond donors (Lipinski definition) is 0. The molecule has 0 spiro atoms. The maximum atomic E-state index is 12.4. The molecule has 1 fully saturated rings. The second-order valence-electron chi connectivity index (χ2n) is 7.20. The highest BCUT2D eigenvalue weighted by Gasteiger charge is 2.26. The molecule has 1 unspecified atom stereocenters. The van der Waals surface area contributed by atoms with Gasteiger partial charge in [-0.05, 0) is 24.6 Å². The molecule has 0 aliphatic carbocycles. The van der Waals surface area contributed by atoms with Crippen LogP contribution in [0.1, 0.15) is 20.3 Å². The largest absolute Gasteiger partial charge is 0.339 e. The van der Waals surface area contributed by atoms with Gasteiger partial charge in [-0.2, -0.15) is 9.50 Å². The molecule has 1 aromatic carbocycles. The van der Waals surface area contributed by atoms with Gasteiger partial charge in [0.05, 0.1) is 15.7 Å². The number of nitrogens with zero attached hydrogens (tertiary/aromatic N) is 6. The molecule has 1 saturated heterocycles. The Hall–Kier alpha value is -2.38. The van der Waals surface area contributed by atoms with Gasteiger partial charge in [0.2, 0.25) is 11.9 Å². The number of amides is 1. The summed E-state index contributed by atoms with van der Waals surface area (Å²) in [5.74, 6) is 1.41. The van der Waals surface area contributed by atoms with Gasteiger partial charge >= 0.3 is 0 Å². The van der Waals surface area contributed by atoms with E-state index >= 15 is 0 Å². The van der Waals surface area contributed by atoms with Crippen molar-refractivity contribution in [2.45, 2.75) is 20.3 Å². The molecule has 0 saturated carbocycles. The molecular formula is C20H22Cl2N6O. The normalized spacial score (nSPS) is 15.7. The van der Waals surface area contributed by atoms with E-state index < -0.39 is 0 Å². The van der Waals surface area contributed by atoms with Crippen LogP contribution in [0, 0.1) is 5.92 Å². The fourth-order valence-corrected chi connectivity index (χ4v) is 3.70. The molecule has 3 heterocycles. The number of halogens is 2. The molecular weight excluding hydrogens is 411 g/mol. The molecule has 2 aromatic heterocycles. The zero-order valence-corrected chi connectivity index (χ0v) is 17.9. The van der Waals surface area contributed by atoms with E-state index in [1.165, 1.54) is 0 Å². The lowest BCUT2D eigenvalue weighted by Crippen LogP contribution is -2.50. The highest BCUT2D eigenvalue weighted by Crippen LogP contribution is 2.28. The molecule has 9 heteroatoms. The topological polar surface area (TPSA) is 66.6 Å². The molecule has 0 N–H and O–H groups in total. The number of piperazine rings is 1. The van der Waals surface area contributed by atoms with E-state index in [-0.39, 0.29) is 11.8 Å². The average molecular weight is 433 g/mol. The van der Waals surface area contributed by atoms with Crippen LogP contribution < -0.4 is 4.90 Å². The molecule has 4 rings (SSSR count). The predicted molar refractivity (Wildman–Crippen MR) is 114 cm³/mol. The smallest absolute Gasteiger partial charge is 0.254 e. The summed E-state index contributed by atoms with van der Waals surface area (Å²) >= 11 is 12.2. The standard InChI is InChI=1S/C20H22Cl2N6O/c1-3-13(2)18(29)26-8-10-27(11-9-26)20-24-19-23-7-6-17(28(19)25-20)14-4-5-15(21)16(22)12-14/h4-7,12-13H,3,8-11H2,1-2H3. The number of benzene rings is 1. The first kappa shape index (κ1) is 19.9. The van der Waals surface area contributed by atoms with Gasteiger partial charge in [0.1, 0.15) is 0 Å². The van der Waals surface area contributed by atoms with Crippen LogP contribution in [0.25, 0.3) is 17.0 Å². The van der Waals surface area contributed by atoms with Crippen molar-refractivity contribution in [3.63, 3.8) is 0 Å². The second kappa shape index (κ2) is 8.16. The van der Waals surface area contributed by atoms with Crippen LogP contribution >= 0.6 is 23.2 Å². The lowest BCUT2D eigenvalue weighted by Gasteiger charge is -2.35. The van der Waals surface area contributed by atoms with E-state index in [4.69, 9.17) is 23.2 Å². The number of hydrogen-bond acceptors (Lipinski definition) is 5. The SMILES string of the molecule is CCC(C)C(=O)N1CCN(c2nc3nccc(-c4ccc(Cl)c(Cl)c4)n3n2)CC1. The van der Waals surface area contributed by atoms with Crippen LogP contribution in [-0.4, -0.2) is 56.6 Å². The van der Waals surface area contributed by atoms with Crippen molar-refractivity contribution in [1.29, 1.82) is 0 Å². The first-order chi connectivity index (χ1) is 14.0. The highest BCUT2D eigenvalue weighted by molar-refractivity contribution is 6.42. The summed E-state index contributed by atoms with van der Waals surface area (Å²) in [5, 5.41) is 5.66. The minimum absolute atomic E-state index is 0.0628. The quantitative estimate of drug-likeness (QED) is 0.627. The maximum Gasteiger partial charge on any atom is 0.254 e. The number of aromatic nitrogens is 4. The highest BCUT2D eigenvalue weighted by atomic mass is 35.5. The molecule has 1 atom stereocenters. The zero-order chi connectivity index (χ0) is 20.5. The minimum atomic E-state index is 0.0628. The van der Waals surface area contributed by atoms with Crippen LogP contribution in [0.3, 0.4) is 0 Å². The van der Waals surface area contributed by atoms with Crippen LogP contribution in [0.4, 0.5) is 5.95 Å². The third kappa shape index (κ3) is 3.89. The number of anilines is 1. The summed E-state index contributed by atoms with van der Waals surface area (Å²) in [6.45, 7) is 6.76. The first-order valence-corrected chi connectivity index (χ1v) is 10.4. The van der Waals surface area contributed by atoms with Gasteiger partial charge in [-0.15, -0.1) is 5.10 Å². The molecule has 29 heavy (non-hydrogen) atoms. The molecule has 1 amide bonds. The van der Waals surface area contributed by atoms with E-state index in [2.05, 4.69) is 20.0 Å². The Labute approximate surface area is 179 Å². The Morgan fingerprint density at radius 2 is 1.90 bits per heavy atom. The fraction of sp³-hybridized carbons (Fsp3) is 0.400. The zero-order valence-electron chi connectivity index (χ0n) is 16.3. The van der Waals surface area contributed by atoms with Crippen LogP contribution in [0.5, 0.6) is 0 Å². The van der Waals surface area contributed by atoms with Gasteiger partial charge in [0, 0.05) is 43.9 Å². The summed E-state index contributed by atoms with van der Waals surface area (Å²) in [6.07, 6.45) is 2.56. The summed E-state index contributed by atoms with van der Waals surface area (Å²) in [6, 6.07) is 7.33. The molecule has 1 aliphatic heterocycles. The van der Waals surface area contributed by atoms with Crippen LogP contribution in [-0.2, 0) is 4.79 Å². The Morgan fingerprint density at radius 1 is 1.14 bits per heavy atom. The van der Waals surface area contributed by atoms with E-state index in [9.17, 15) is 4.79 Å². The molecule has 0 radical (unpaired) electrons. The van der Waals surface area contributed by atoms with Gasteiger partial charge < -0.3 is 9.80 Å². The van der Waals surface area contributed by atoms with Gasteiger partial charge in [-0.1, -0.05) is 43.1 Å². The van der Waals surface area contributed by atoms with E-state index in [0.717, 1.165) is 17.7 Å². The van der Waals surface area contributed by atoms with Crippen LogP contribution in [0.2, 0.25) is 10.0 Å². The molecule has 0 bridgehead atoms. The molecule has 152 valence electrons. The minimum Gasteiger partial charge on any atom is -0.339 e. The van der Waals surface area contributed by atoms with Crippen molar-refractivity contribution in [2.24, 2.45) is 5.92 Å². The summed E-state index contributed by atoms with van der Waals surface area (Å²) in [5.41, 5.74) is 1.71. The number of rotatable bonds is 4. The van der Waals surface area contributed by atoms with E-state index in [1.807, 2.05) is 30.9 Å². The maximum absolute atomic E-state index is 12.4. The van der Waals surface area contributed by atoms with Gasteiger partial charge in [-0.25, -0.2) is 4.98 Å². The lowest BCUT2D eigenvalue weighted by molar-refractivity contribution is -0.135. The number of carbonyl (C=O) groups excluding carboxylic acids is 1. The lowest BCUT2D eigenvalue weighted by atomic mass is 10.1. The first-order valence-electron chi connectivity index (χ1n) is 9.69. The van der Waals surface area contributed by atoms with Crippen molar-refractivity contribution in [3.05, 3.63) is 40.5 Å². The van der Waals surface area contributed by atoms with Crippen molar-refractivity contribution >= 4 is 40.8 Å². The third-order valence-corrected chi connectivity index (χ3v) is 6.09. The molecule has 7 nitrogen and oxygen atoms in total. The summed E-state index contributed by atoms with van der Waals surface area (Å²) < 4.78 is 1.71. The van der Waals surface area contributed by atoms with E-state index in [0.29, 0.717) is 48.0 Å². The van der Waals surface area contributed by atoms with Crippen LogP contribution in [0.15, 0.2) is 30.5 Å². The van der Waals surface area contributed by atoms with Crippen molar-refractivity contribution < 1.29 is 4.79 Å². The average Bonchev–Trinajstić information content (AvgIpc) is 3.19. The number of carbonyl (C=O) groups is 1. The molecule has 1 aliphatic rings. The van der Waals surface area contributed by atoms with Crippen molar-refractivity contribution in [1.82, 2.24) is 24.5 Å². The number of fused-ring (bicyclic) bond motifs is 1. The third-order valence-electron chi connectivity index (χ3n) is 5.35. The van der Waals surface area contributed by atoms with Gasteiger partial charge in [-0.3, -0.25) is 4.79 Å². The Kier molecular flexibility index (Phi) is 5.61. The van der Waals surface area contributed by atoms with Gasteiger partial charge in [0.15, 0.2) is 0 Å². The fourth-order valence-electron chi connectivity index (χ4n) is 3.40. The van der Waals surface area contributed by atoms with Gasteiger partial charge in [0.25, 0.3) is 5.78 Å². The van der Waals surface area contributed by atoms with E-state index in [1.54, 1.807) is 22.8 Å². The van der Waals surface area contributed by atoms with Crippen molar-refractivity contribution in [2.75, 3.05) is 31.1 Å². The van der Waals surface area contributed by atoms with Crippen molar-refractivity contribution in [3.8, 4) is 11.3 Å². The predicted octanol–water partition coefficient (Wildman–Crippen LogP) is 3.79. The second-order valence-corrected chi connectivity index (χ2v) is 8.02. The molecule has 3 aromatic rings. The summed E-state index contributed by atoms with van der Waals surface area (Å²) in [7, 11) is 0. The Bertz CT molecular complexity index is 1040.